The highest BCUT2D eigenvalue weighted by Gasteiger charge is 2.05. The molecule has 1 aromatic heterocycles. The second-order valence-electron chi connectivity index (χ2n) is 3.12. The lowest BCUT2D eigenvalue weighted by atomic mass is 10.2. The summed E-state index contributed by atoms with van der Waals surface area (Å²) < 4.78 is 0. The number of anilines is 1. The predicted octanol–water partition coefficient (Wildman–Crippen LogP) is 1.02. The molecule has 0 aliphatic carbocycles. The topological polar surface area (TPSA) is 74.8 Å². The summed E-state index contributed by atoms with van der Waals surface area (Å²) in [6.07, 6.45) is 1.24. The number of benzene rings is 1. The third-order valence-corrected chi connectivity index (χ3v) is 1.96. The number of nitrogens with one attached hydrogen (secondary N) is 2. The van der Waals surface area contributed by atoms with Gasteiger partial charge in [0, 0.05) is 11.6 Å². The maximum absolute atomic E-state index is 11.7. The maximum Gasteiger partial charge on any atom is 0.256 e. The lowest BCUT2D eigenvalue weighted by molar-refractivity contribution is 0.102. The minimum Gasteiger partial charge on any atom is -0.313 e. The molecule has 5 nitrogen and oxygen atoms in total. The largest absolute Gasteiger partial charge is 0.313 e. The van der Waals surface area contributed by atoms with Crippen LogP contribution >= 0.6 is 0 Å². The molecule has 0 saturated carbocycles. The number of aromatic nitrogens is 2. The third-order valence-electron chi connectivity index (χ3n) is 1.96. The van der Waals surface area contributed by atoms with Crippen LogP contribution in [-0.4, -0.2) is 15.9 Å². The zero-order chi connectivity index (χ0) is 11.4. The van der Waals surface area contributed by atoms with Crippen LogP contribution in [0, 0.1) is 0 Å². The summed E-state index contributed by atoms with van der Waals surface area (Å²) >= 11 is 0. The van der Waals surface area contributed by atoms with Crippen LogP contribution in [-0.2, 0) is 0 Å². The fourth-order valence-electron chi connectivity index (χ4n) is 1.21. The van der Waals surface area contributed by atoms with Crippen molar-refractivity contribution in [1.29, 1.82) is 0 Å². The molecule has 16 heavy (non-hydrogen) atoms. The minimum atomic E-state index is -0.307. The van der Waals surface area contributed by atoms with Crippen LogP contribution in [0.3, 0.4) is 0 Å². The SMILES string of the molecule is O=C(Nc1cc(=O)[nH]cn1)c1ccccc1. The normalized spacial score (nSPS) is 9.75. The third kappa shape index (κ3) is 2.33. The van der Waals surface area contributed by atoms with Gasteiger partial charge in [0.15, 0.2) is 0 Å². The van der Waals surface area contributed by atoms with E-state index in [9.17, 15) is 9.59 Å². The maximum atomic E-state index is 11.7. The van der Waals surface area contributed by atoms with Crippen molar-refractivity contribution in [2.75, 3.05) is 5.32 Å². The Balaban J connectivity index is 2.17. The smallest absolute Gasteiger partial charge is 0.256 e. The van der Waals surface area contributed by atoms with E-state index < -0.39 is 0 Å². The summed E-state index contributed by atoms with van der Waals surface area (Å²) in [6.45, 7) is 0. The molecule has 2 aromatic rings. The molecular weight excluding hydrogens is 206 g/mol. The average molecular weight is 215 g/mol. The molecule has 0 aliphatic heterocycles. The summed E-state index contributed by atoms with van der Waals surface area (Å²) in [5.41, 5.74) is 0.211. The summed E-state index contributed by atoms with van der Waals surface area (Å²) in [7, 11) is 0. The predicted molar refractivity (Wildman–Crippen MR) is 59.3 cm³/mol. The standard InChI is InChI=1S/C11H9N3O2/c15-10-6-9(12-7-13-10)14-11(16)8-4-2-1-3-5-8/h1-7H,(H2,12,13,14,15,16). The first-order valence-corrected chi connectivity index (χ1v) is 4.67. The van der Waals surface area contributed by atoms with Gasteiger partial charge in [-0.3, -0.25) is 9.59 Å². The van der Waals surface area contributed by atoms with Crippen LogP contribution in [0.5, 0.6) is 0 Å². The van der Waals surface area contributed by atoms with Crippen molar-refractivity contribution >= 4 is 11.7 Å². The lowest BCUT2D eigenvalue weighted by Gasteiger charge is -2.02. The molecule has 5 heteroatoms. The molecule has 0 radical (unpaired) electrons. The molecule has 0 saturated heterocycles. The van der Waals surface area contributed by atoms with Crippen molar-refractivity contribution in [3.63, 3.8) is 0 Å². The van der Waals surface area contributed by atoms with Crippen LogP contribution in [0.2, 0.25) is 0 Å². The van der Waals surface area contributed by atoms with Crippen LogP contribution < -0.4 is 10.9 Å². The van der Waals surface area contributed by atoms with Crippen molar-refractivity contribution < 1.29 is 4.79 Å². The highest BCUT2D eigenvalue weighted by Crippen LogP contribution is 2.03. The number of amides is 1. The van der Waals surface area contributed by atoms with Crippen molar-refractivity contribution in [2.24, 2.45) is 0 Å². The van der Waals surface area contributed by atoms with Gasteiger partial charge in [-0.05, 0) is 12.1 Å². The summed E-state index contributed by atoms with van der Waals surface area (Å²) in [4.78, 5) is 28.8. The number of nitrogens with zero attached hydrogens (tertiary/aromatic N) is 1. The van der Waals surface area contributed by atoms with Crippen LogP contribution in [0.4, 0.5) is 5.82 Å². The summed E-state index contributed by atoms with van der Waals surface area (Å²) in [6, 6.07) is 9.94. The van der Waals surface area contributed by atoms with Gasteiger partial charge in [-0.1, -0.05) is 18.2 Å². The van der Waals surface area contributed by atoms with Crippen molar-refractivity contribution in [3.05, 3.63) is 58.6 Å². The zero-order valence-electron chi connectivity index (χ0n) is 8.31. The number of aromatic amines is 1. The number of rotatable bonds is 2. The second kappa shape index (κ2) is 4.39. The first-order valence-electron chi connectivity index (χ1n) is 4.67. The number of hydrogen-bond donors (Lipinski definition) is 2. The van der Waals surface area contributed by atoms with E-state index in [1.165, 1.54) is 12.4 Å². The van der Waals surface area contributed by atoms with Crippen molar-refractivity contribution in [3.8, 4) is 0 Å². The molecule has 0 spiro atoms. The molecule has 0 fully saturated rings. The second-order valence-corrected chi connectivity index (χ2v) is 3.12. The number of carbonyl (C=O) groups is 1. The molecule has 0 aliphatic rings. The first kappa shape index (κ1) is 10.1. The summed E-state index contributed by atoms with van der Waals surface area (Å²) in [5.74, 6) is -0.0590. The fraction of sp³-hybridized carbons (Fsp3) is 0. The Bertz CT molecular complexity index is 548. The molecule has 0 atom stereocenters. The molecule has 0 unspecified atom stereocenters. The van der Waals surface area contributed by atoms with Gasteiger partial charge in [-0.25, -0.2) is 4.98 Å². The Hall–Kier alpha value is -2.43. The first-order chi connectivity index (χ1) is 7.75. The Morgan fingerprint density at radius 1 is 1.25 bits per heavy atom. The Morgan fingerprint density at radius 3 is 2.69 bits per heavy atom. The van der Waals surface area contributed by atoms with E-state index >= 15 is 0 Å². The zero-order valence-corrected chi connectivity index (χ0v) is 8.31. The van der Waals surface area contributed by atoms with Gasteiger partial charge < -0.3 is 10.3 Å². The van der Waals surface area contributed by atoms with E-state index in [1.54, 1.807) is 24.3 Å². The van der Waals surface area contributed by atoms with Gasteiger partial charge in [0.1, 0.15) is 5.82 Å². The van der Waals surface area contributed by atoms with Crippen molar-refractivity contribution in [1.82, 2.24) is 9.97 Å². The van der Waals surface area contributed by atoms with E-state index in [0.717, 1.165) is 0 Å². The summed E-state index contributed by atoms with van der Waals surface area (Å²) in [5, 5.41) is 2.53. The molecule has 2 N–H and O–H groups in total. The van der Waals surface area contributed by atoms with Gasteiger partial charge in [-0.15, -0.1) is 0 Å². The Kier molecular flexibility index (Phi) is 2.77. The van der Waals surface area contributed by atoms with Gasteiger partial charge in [0.05, 0.1) is 6.33 Å². The minimum absolute atomic E-state index is 0.234. The average Bonchev–Trinajstić information content (AvgIpc) is 2.30. The number of carbonyl (C=O) groups excluding carboxylic acids is 1. The molecule has 1 amide bonds. The number of H-pyrrole nitrogens is 1. The Labute approximate surface area is 91.2 Å². The lowest BCUT2D eigenvalue weighted by Crippen LogP contribution is -2.15. The van der Waals surface area contributed by atoms with Gasteiger partial charge >= 0.3 is 0 Å². The molecular formula is C11H9N3O2. The molecule has 80 valence electrons. The molecule has 1 aromatic carbocycles. The Morgan fingerprint density at radius 2 is 2.00 bits per heavy atom. The van der Waals surface area contributed by atoms with Gasteiger partial charge in [-0.2, -0.15) is 0 Å². The van der Waals surface area contributed by atoms with Gasteiger partial charge in [0.25, 0.3) is 11.5 Å². The highest BCUT2D eigenvalue weighted by atomic mass is 16.2. The monoisotopic (exact) mass is 215 g/mol. The van der Waals surface area contributed by atoms with E-state index in [0.29, 0.717) is 5.56 Å². The number of hydrogen-bond acceptors (Lipinski definition) is 3. The molecule has 2 rings (SSSR count). The van der Waals surface area contributed by atoms with Crippen LogP contribution in [0.15, 0.2) is 47.5 Å². The van der Waals surface area contributed by atoms with Crippen molar-refractivity contribution in [2.45, 2.75) is 0 Å². The van der Waals surface area contributed by atoms with E-state index in [1.807, 2.05) is 6.07 Å². The fourth-order valence-corrected chi connectivity index (χ4v) is 1.21. The van der Waals surface area contributed by atoms with E-state index in [-0.39, 0.29) is 17.3 Å². The van der Waals surface area contributed by atoms with E-state index in [2.05, 4.69) is 15.3 Å². The quantitative estimate of drug-likeness (QED) is 0.785. The van der Waals surface area contributed by atoms with E-state index in [4.69, 9.17) is 0 Å². The van der Waals surface area contributed by atoms with Gasteiger partial charge in [0.2, 0.25) is 0 Å². The highest BCUT2D eigenvalue weighted by molar-refractivity contribution is 6.03. The van der Waals surface area contributed by atoms with Crippen LogP contribution in [0.25, 0.3) is 0 Å². The molecule has 1 heterocycles. The van der Waals surface area contributed by atoms with Crippen LogP contribution in [0.1, 0.15) is 10.4 Å². The molecule has 0 bridgehead atoms.